The highest BCUT2D eigenvalue weighted by atomic mass is 16.5. The zero-order valence-corrected chi connectivity index (χ0v) is 12.2. The molecule has 0 saturated carbocycles. The molecule has 7 heteroatoms. The lowest BCUT2D eigenvalue weighted by Gasteiger charge is -2.09. The van der Waals surface area contributed by atoms with E-state index in [9.17, 15) is 19.8 Å². The van der Waals surface area contributed by atoms with Crippen LogP contribution in [0.25, 0.3) is 22.3 Å². The third-order valence-corrected chi connectivity index (χ3v) is 3.28. The van der Waals surface area contributed by atoms with Gasteiger partial charge in [0.25, 0.3) is 0 Å². The first kappa shape index (κ1) is 15.4. The van der Waals surface area contributed by atoms with Crippen LogP contribution in [-0.4, -0.2) is 27.9 Å². The number of rotatable bonds is 4. The molecule has 122 valence electrons. The summed E-state index contributed by atoms with van der Waals surface area (Å²) >= 11 is 0. The van der Waals surface area contributed by atoms with Gasteiger partial charge in [0.1, 0.15) is 34.0 Å². The zero-order valence-electron chi connectivity index (χ0n) is 12.2. The van der Waals surface area contributed by atoms with Crippen molar-refractivity contribution in [3.8, 4) is 28.6 Å². The van der Waals surface area contributed by atoms with Gasteiger partial charge in [-0.25, -0.2) is 4.79 Å². The van der Waals surface area contributed by atoms with Crippen LogP contribution >= 0.6 is 0 Å². The van der Waals surface area contributed by atoms with Gasteiger partial charge in [0, 0.05) is 23.8 Å². The lowest BCUT2D eigenvalue weighted by atomic mass is 10.1. The Labute approximate surface area is 135 Å². The van der Waals surface area contributed by atoms with Crippen molar-refractivity contribution in [1.82, 2.24) is 0 Å². The van der Waals surface area contributed by atoms with Crippen LogP contribution < -0.4 is 10.2 Å². The Kier molecular flexibility index (Phi) is 3.83. The number of benzene rings is 2. The minimum absolute atomic E-state index is 0.0385. The van der Waals surface area contributed by atoms with E-state index in [2.05, 4.69) is 0 Å². The molecule has 0 radical (unpaired) electrons. The standard InChI is InChI=1S/C17H12O7/c18-10-3-1-9(2-4-10)13-7-12(20)17-14(23-8-16(21)22)5-11(19)6-15(17)24-13/h1-7,18-19H,8H2,(H,21,22). The number of fused-ring (bicyclic) bond motifs is 1. The summed E-state index contributed by atoms with van der Waals surface area (Å²) in [5, 5.41) is 27.8. The Hall–Kier alpha value is -3.48. The number of hydrogen-bond acceptors (Lipinski definition) is 6. The number of hydrogen-bond donors (Lipinski definition) is 3. The molecule has 0 bridgehead atoms. The first-order valence-corrected chi connectivity index (χ1v) is 6.89. The topological polar surface area (TPSA) is 117 Å². The highest BCUT2D eigenvalue weighted by molar-refractivity contribution is 5.86. The molecule has 3 rings (SSSR count). The molecule has 0 spiro atoms. The average molecular weight is 328 g/mol. The third kappa shape index (κ3) is 3.00. The second kappa shape index (κ2) is 5.96. The van der Waals surface area contributed by atoms with Crippen molar-refractivity contribution in [2.75, 3.05) is 6.61 Å². The van der Waals surface area contributed by atoms with Crippen molar-refractivity contribution in [2.24, 2.45) is 0 Å². The predicted octanol–water partition coefficient (Wildman–Crippen LogP) is 2.33. The van der Waals surface area contributed by atoms with E-state index < -0.39 is 18.0 Å². The zero-order chi connectivity index (χ0) is 17.3. The summed E-state index contributed by atoms with van der Waals surface area (Å²) in [5.41, 5.74) is 0.175. The fraction of sp³-hybridized carbons (Fsp3) is 0.0588. The molecular weight excluding hydrogens is 316 g/mol. The summed E-state index contributed by atoms with van der Waals surface area (Å²) in [6, 6.07) is 9.68. The fourth-order valence-electron chi connectivity index (χ4n) is 2.26. The van der Waals surface area contributed by atoms with Gasteiger partial charge in [-0.05, 0) is 24.3 Å². The van der Waals surface area contributed by atoms with E-state index in [1.807, 2.05) is 0 Å². The van der Waals surface area contributed by atoms with Gasteiger partial charge in [0.2, 0.25) is 0 Å². The second-order valence-electron chi connectivity index (χ2n) is 5.02. The van der Waals surface area contributed by atoms with Crippen molar-refractivity contribution < 1.29 is 29.3 Å². The summed E-state index contributed by atoms with van der Waals surface area (Å²) in [6.45, 7) is -0.655. The number of phenols is 2. The Morgan fingerprint density at radius 2 is 1.75 bits per heavy atom. The van der Waals surface area contributed by atoms with E-state index in [1.165, 1.54) is 24.3 Å². The van der Waals surface area contributed by atoms with Crippen molar-refractivity contribution in [2.45, 2.75) is 0 Å². The van der Waals surface area contributed by atoms with Crippen LogP contribution in [0.4, 0.5) is 0 Å². The number of aliphatic carboxylic acids is 1. The normalized spacial score (nSPS) is 10.7. The van der Waals surface area contributed by atoms with Gasteiger partial charge in [-0.3, -0.25) is 4.79 Å². The quantitative estimate of drug-likeness (QED) is 0.673. The maximum Gasteiger partial charge on any atom is 0.341 e. The maximum absolute atomic E-state index is 12.4. The minimum Gasteiger partial charge on any atom is -0.508 e. The molecule has 1 heterocycles. The molecule has 0 atom stereocenters. The van der Waals surface area contributed by atoms with E-state index in [0.717, 1.165) is 6.07 Å². The minimum atomic E-state index is -1.21. The number of phenolic OH excluding ortho intramolecular Hbond substituents is 2. The molecule has 7 nitrogen and oxygen atoms in total. The van der Waals surface area contributed by atoms with E-state index >= 15 is 0 Å². The fourth-order valence-corrected chi connectivity index (χ4v) is 2.26. The lowest BCUT2D eigenvalue weighted by Crippen LogP contribution is -2.11. The van der Waals surface area contributed by atoms with E-state index in [4.69, 9.17) is 14.3 Å². The van der Waals surface area contributed by atoms with Gasteiger partial charge in [-0.1, -0.05) is 0 Å². The Balaban J connectivity index is 2.16. The van der Waals surface area contributed by atoms with Crippen LogP contribution in [-0.2, 0) is 4.79 Å². The van der Waals surface area contributed by atoms with Crippen molar-refractivity contribution in [3.63, 3.8) is 0 Å². The monoisotopic (exact) mass is 328 g/mol. The molecule has 0 amide bonds. The number of carboxylic acids is 1. The first-order valence-electron chi connectivity index (χ1n) is 6.89. The summed E-state index contributed by atoms with van der Waals surface area (Å²) in [5.74, 6) is -1.20. The molecule has 0 unspecified atom stereocenters. The number of aromatic hydroxyl groups is 2. The van der Waals surface area contributed by atoms with Crippen LogP contribution in [0.2, 0.25) is 0 Å². The first-order chi connectivity index (χ1) is 11.4. The summed E-state index contributed by atoms with van der Waals surface area (Å²) in [4.78, 5) is 23.0. The highest BCUT2D eigenvalue weighted by Crippen LogP contribution is 2.31. The SMILES string of the molecule is O=C(O)COc1cc(O)cc2oc(-c3ccc(O)cc3)cc(=O)c12. The number of carbonyl (C=O) groups is 1. The maximum atomic E-state index is 12.4. The van der Waals surface area contributed by atoms with Gasteiger partial charge in [-0.15, -0.1) is 0 Å². The van der Waals surface area contributed by atoms with Crippen molar-refractivity contribution in [1.29, 1.82) is 0 Å². The Morgan fingerprint density at radius 3 is 2.42 bits per heavy atom. The Bertz CT molecular complexity index is 971. The third-order valence-electron chi connectivity index (χ3n) is 3.28. The van der Waals surface area contributed by atoms with Crippen molar-refractivity contribution in [3.05, 3.63) is 52.7 Å². The molecule has 0 fully saturated rings. The smallest absolute Gasteiger partial charge is 0.341 e. The van der Waals surface area contributed by atoms with Crippen molar-refractivity contribution >= 4 is 16.9 Å². The van der Waals surface area contributed by atoms with Gasteiger partial charge in [-0.2, -0.15) is 0 Å². The number of ether oxygens (including phenoxy) is 1. The summed E-state index contributed by atoms with van der Waals surface area (Å²) in [6.07, 6.45) is 0. The number of carboxylic acid groups (broad SMARTS) is 1. The average Bonchev–Trinajstić information content (AvgIpc) is 2.52. The summed E-state index contributed by atoms with van der Waals surface area (Å²) < 4.78 is 10.7. The molecule has 0 aliphatic heterocycles. The predicted molar refractivity (Wildman–Crippen MR) is 84.4 cm³/mol. The van der Waals surface area contributed by atoms with Crippen LogP contribution in [0.15, 0.2) is 51.7 Å². The largest absolute Gasteiger partial charge is 0.508 e. The molecular formula is C17H12O7. The molecule has 2 aromatic carbocycles. The van der Waals surface area contributed by atoms with Gasteiger partial charge in [0.15, 0.2) is 12.0 Å². The molecule has 3 N–H and O–H groups in total. The van der Waals surface area contributed by atoms with Gasteiger partial charge < -0.3 is 24.5 Å². The van der Waals surface area contributed by atoms with E-state index in [-0.39, 0.29) is 34.0 Å². The highest BCUT2D eigenvalue weighted by Gasteiger charge is 2.14. The van der Waals surface area contributed by atoms with Crippen LogP contribution in [0.3, 0.4) is 0 Å². The molecule has 0 aliphatic carbocycles. The lowest BCUT2D eigenvalue weighted by molar-refractivity contribution is -0.139. The van der Waals surface area contributed by atoms with Gasteiger partial charge >= 0.3 is 5.97 Å². The van der Waals surface area contributed by atoms with E-state index in [0.29, 0.717) is 5.56 Å². The molecule has 1 aromatic heterocycles. The van der Waals surface area contributed by atoms with Crippen LogP contribution in [0.1, 0.15) is 0 Å². The van der Waals surface area contributed by atoms with Crippen LogP contribution in [0.5, 0.6) is 17.2 Å². The van der Waals surface area contributed by atoms with E-state index in [1.54, 1.807) is 12.1 Å². The molecule has 0 aliphatic rings. The second-order valence-corrected chi connectivity index (χ2v) is 5.02. The molecule has 0 saturated heterocycles. The Morgan fingerprint density at radius 1 is 1.04 bits per heavy atom. The van der Waals surface area contributed by atoms with Crippen LogP contribution in [0, 0.1) is 0 Å². The van der Waals surface area contributed by atoms with Gasteiger partial charge in [0.05, 0.1) is 0 Å². The molecule has 24 heavy (non-hydrogen) atoms. The summed E-state index contributed by atoms with van der Waals surface area (Å²) in [7, 11) is 0. The molecule has 3 aromatic rings.